The van der Waals surface area contributed by atoms with E-state index in [-0.39, 0.29) is 17.8 Å². The van der Waals surface area contributed by atoms with Crippen molar-refractivity contribution in [1.29, 1.82) is 0 Å². The molecule has 1 aliphatic rings. The van der Waals surface area contributed by atoms with Gasteiger partial charge < -0.3 is 11.1 Å². The van der Waals surface area contributed by atoms with Crippen molar-refractivity contribution in [2.24, 2.45) is 5.92 Å². The minimum absolute atomic E-state index is 0.145. The lowest BCUT2D eigenvalue weighted by Crippen LogP contribution is -2.34. The normalized spacial score (nSPS) is 16.9. The van der Waals surface area contributed by atoms with E-state index in [1.54, 1.807) is 6.07 Å². The Morgan fingerprint density at radius 3 is 2.94 bits per heavy atom. The Morgan fingerprint density at radius 2 is 2.38 bits per heavy atom. The molecule has 1 saturated carbocycles. The lowest BCUT2D eigenvalue weighted by atomic mass is 10.2. The summed E-state index contributed by atoms with van der Waals surface area (Å²) in [4.78, 5) is 15.7. The number of aromatic nitrogens is 1. The Morgan fingerprint density at radius 1 is 1.69 bits per heavy atom. The van der Waals surface area contributed by atoms with Crippen LogP contribution in [0.4, 0.5) is 5.82 Å². The predicted molar refractivity (Wildman–Crippen MR) is 63.3 cm³/mol. The van der Waals surface area contributed by atoms with Gasteiger partial charge in [-0.1, -0.05) is 11.6 Å². The van der Waals surface area contributed by atoms with Crippen LogP contribution in [0.5, 0.6) is 0 Å². The second-order valence-electron chi connectivity index (χ2n) is 4.19. The standard InChI is InChI=1S/C11H14ClN3O/c1-6(7-2-3-7)15-11(16)8-4-9(12)10(13)14-5-8/h4-7H,2-3H2,1H3,(H2,13,14)(H,15,16). The number of carbonyl (C=O) groups is 1. The first kappa shape index (κ1) is 11.2. The number of nitrogens with two attached hydrogens (primary N) is 1. The highest BCUT2D eigenvalue weighted by molar-refractivity contribution is 6.33. The van der Waals surface area contributed by atoms with Crippen LogP contribution in [0.15, 0.2) is 12.3 Å². The Bertz CT molecular complexity index is 418. The third kappa shape index (κ3) is 2.44. The molecule has 4 nitrogen and oxygen atoms in total. The SMILES string of the molecule is CC(NC(=O)c1cnc(N)c(Cl)c1)C1CC1. The molecule has 0 bridgehead atoms. The van der Waals surface area contributed by atoms with Gasteiger partial charge in [-0.3, -0.25) is 4.79 Å². The third-order valence-electron chi connectivity index (χ3n) is 2.82. The highest BCUT2D eigenvalue weighted by Crippen LogP contribution is 2.32. The van der Waals surface area contributed by atoms with E-state index in [4.69, 9.17) is 17.3 Å². The first-order chi connectivity index (χ1) is 7.58. The Hall–Kier alpha value is -1.29. The molecule has 0 spiro atoms. The summed E-state index contributed by atoms with van der Waals surface area (Å²) in [6.07, 6.45) is 3.83. The molecule has 0 saturated heterocycles. The summed E-state index contributed by atoms with van der Waals surface area (Å²) in [5, 5.41) is 3.24. The predicted octanol–water partition coefficient (Wildman–Crippen LogP) is 1.85. The van der Waals surface area contributed by atoms with Crippen molar-refractivity contribution in [3.05, 3.63) is 22.8 Å². The van der Waals surface area contributed by atoms with Gasteiger partial charge in [0.15, 0.2) is 0 Å². The maximum absolute atomic E-state index is 11.8. The minimum Gasteiger partial charge on any atom is -0.382 e. The third-order valence-corrected chi connectivity index (χ3v) is 3.12. The summed E-state index contributed by atoms with van der Waals surface area (Å²) < 4.78 is 0. The second-order valence-corrected chi connectivity index (χ2v) is 4.60. The molecule has 2 rings (SSSR count). The molecule has 1 unspecified atom stereocenters. The number of rotatable bonds is 3. The van der Waals surface area contributed by atoms with Crippen molar-refractivity contribution in [1.82, 2.24) is 10.3 Å². The molecule has 1 aromatic rings. The molecule has 16 heavy (non-hydrogen) atoms. The number of halogens is 1. The maximum Gasteiger partial charge on any atom is 0.253 e. The highest BCUT2D eigenvalue weighted by Gasteiger charge is 2.29. The van der Waals surface area contributed by atoms with Gasteiger partial charge in [0.2, 0.25) is 0 Å². The molecule has 1 atom stereocenters. The fraction of sp³-hybridized carbons (Fsp3) is 0.455. The number of hydrogen-bond acceptors (Lipinski definition) is 3. The van der Waals surface area contributed by atoms with E-state index in [2.05, 4.69) is 10.3 Å². The summed E-state index contributed by atoms with van der Waals surface area (Å²) in [5.41, 5.74) is 5.92. The summed E-state index contributed by atoms with van der Waals surface area (Å²) in [5.74, 6) is 0.725. The van der Waals surface area contributed by atoms with Crippen LogP contribution in [0.3, 0.4) is 0 Å². The van der Waals surface area contributed by atoms with Crippen LogP contribution < -0.4 is 11.1 Å². The molecule has 3 N–H and O–H groups in total. The van der Waals surface area contributed by atoms with Gasteiger partial charge in [-0.25, -0.2) is 4.98 Å². The molecule has 1 amide bonds. The molecular formula is C11H14ClN3O. The highest BCUT2D eigenvalue weighted by atomic mass is 35.5. The fourth-order valence-electron chi connectivity index (χ4n) is 1.58. The Labute approximate surface area is 99.2 Å². The molecular weight excluding hydrogens is 226 g/mol. The molecule has 86 valence electrons. The number of carbonyl (C=O) groups excluding carboxylic acids is 1. The summed E-state index contributed by atoms with van der Waals surface area (Å²) >= 11 is 5.80. The minimum atomic E-state index is -0.145. The van der Waals surface area contributed by atoms with Gasteiger partial charge in [0, 0.05) is 12.2 Å². The van der Waals surface area contributed by atoms with Crippen LogP contribution in [0.2, 0.25) is 5.02 Å². The van der Waals surface area contributed by atoms with Gasteiger partial charge in [-0.05, 0) is 31.7 Å². The average molecular weight is 240 g/mol. The summed E-state index contributed by atoms with van der Waals surface area (Å²) in [7, 11) is 0. The van der Waals surface area contributed by atoms with Gasteiger partial charge in [-0.15, -0.1) is 0 Å². The van der Waals surface area contributed by atoms with Crippen molar-refractivity contribution < 1.29 is 4.79 Å². The molecule has 1 aromatic heterocycles. The molecule has 0 aliphatic heterocycles. The molecule has 1 heterocycles. The summed E-state index contributed by atoms with van der Waals surface area (Å²) in [6.45, 7) is 2.02. The number of hydrogen-bond donors (Lipinski definition) is 2. The number of anilines is 1. The van der Waals surface area contributed by atoms with Gasteiger partial charge in [-0.2, -0.15) is 0 Å². The maximum atomic E-state index is 11.8. The zero-order valence-corrected chi connectivity index (χ0v) is 9.79. The first-order valence-electron chi connectivity index (χ1n) is 5.30. The van der Waals surface area contributed by atoms with Crippen LogP contribution in [-0.2, 0) is 0 Å². The van der Waals surface area contributed by atoms with Gasteiger partial charge in [0.05, 0.1) is 10.6 Å². The topological polar surface area (TPSA) is 68.0 Å². The van der Waals surface area contributed by atoms with Crippen LogP contribution in [0.25, 0.3) is 0 Å². The molecule has 1 aliphatic carbocycles. The molecule has 5 heteroatoms. The number of pyridine rings is 1. The first-order valence-corrected chi connectivity index (χ1v) is 5.67. The molecule has 1 fully saturated rings. The van der Waals surface area contributed by atoms with Crippen LogP contribution >= 0.6 is 11.6 Å². The van der Waals surface area contributed by atoms with E-state index < -0.39 is 0 Å². The van der Waals surface area contributed by atoms with E-state index in [1.807, 2.05) is 6.92 Å². The fourth-order valence-corrected chi connectivity index (χ4v) is 1.74. The van der Waals surface area contributed by atoms with Gasteiger partial charge in [0.1, 0.15) is 5.82 Å². The second kappa shape index (κ2) is 4.29. The van der Waals surface area contributed by atoms with Crippen LogP contribution in [0.1, 0.15) is 30.1 Å². The van der Waals surface area contributed by atoms with E-state index in [0.717, 1.165) is 0 Å². The van der Waals surface area contributed by atoms with Gasteiger partial charge >= 0.3 is 0 Å². The zero-order chi connectivity index (χ0) is 11.7. The number of nitrogens with one attached hydrogen (secondary N) is 1. The molecule has 0 aromatic carbocycles. The van der Waals surface area contributed by atoms with E-state index in [1.165, 1.54) is 19.0 Å². The largest absolute Gasteiger partial charge is 0.382 e. The Balaban J connectivity index is 2.05. The van der Waals surface area contributed by atoms with Crippen LogP contribution in [0, 0.1) is 5.92 Å². The van der Waals surface area contributed by atoms with Crippen LogP contribution in [-0.4, -0.2) is 16.9 Å². The van der Waals surface area contributed by atoms with Crippen molar-refractivity contribution in [3.63, 3.8) is 0 Å². The van der Waals surface area contributed by atoms with E-state index in [0.29, 0.717) is 16.5 Å². The van der Waals surface area contributed by atoms with Crippen molar-refractivity contribution >= 4 is 23.3 Å². The van der Waals surface area contributed by atoms with E-state index in [9.17, 15) is 4.79 Å². The smallest absolute Gasteiger partial charge is 0.253 e. The van der Waals surface area contributed by atoms with Crippen molar-refractivity contribution in [2.75, 3.05) is 5.73 Å². The average Bonchev–Trinajstić information content (AvgIpc) is 3.05. The van der Waals surface area contributed by atoms with Crippen molar-refractivity contribution in [3.8, 4) is 0 Å². The summed E-state index contributed by atoms with van der Waals surface area (Å²) in [6, 6.07) is 1.75. The monoisotopic (exact) mass is 239 g/mol. The van der Waals surface area contributed by atoms with Crippen molar-refractivity contribution in [2.45, 2.75) is 25.8 Å². The number of amides is 1. The lowest BCUT2D eigenvalue weighted by Gasteiger charge is -2.12. The lowest BCUT2D eigenvalue weighted by molar-refractivity contribution is 0.0935. The Kier molecular flexibility index (Phi) is 3.01. The molecule has 0 radical (unpaired) electrons. The van der Waals surface area contributed by atoms with E-state index >= 15 is 0 Å². The zero-order valence-electron chi connectivity index (χ0n) is 9.03. The van der Waals surface area contributed by atoms with Gasteiger partial charge in [0.25, 0.3) is 5.91 Å². The quantitative estimate of drug-likeness (QED) is 0.846. The number of nitrogens with zero attached hydrogens (tertiary/aromatic N) is 1. The number of nitrogen functional groups attached to an aromatic ring is 1.